The van der Waals surface area contributed by atoms with Crippen molar-refractivity contribution in [3.8, 4) is 17.1 Å². The fourth-order valence-corrected chi connectivity index (χ4v) is 4.52. The molecule has 8 nitrogen and oxygen atoms in total. The molecule has 0 radical (unpaired) electrons. The van der Waals surface area contributed by atoms with E-state index in [0.717, 1.165) is 43.8 Å². The van der Waals surface area contributed by atoms with Crippen molar-refractivity contribution in [2.45, 2.75) is 45.1 Å². The van der Waals surface area contributed by atoms with Gasteiger partial charge in [-0.25, -0.2) is 0 Å². The maximum Gasteiger partial charge on any atom is 0.324 e. The van der Waals surface area contributed by atoms with Gasteiger partial charge in [0.05, 0.1) is 13.0 Å². The van der Waals surface area contributed by atoms with Crippen LogP contribution in [0.2, 0.25) is 0 Å². The van der Waals surface area contributed by atoms with Gasteiger partial charge in [-0.05, 0) is 63.4 Å². The van der Waals surface area contributed by atoms with Crippen molar-refractivity contribution in [3.63, 3.8) is 0 Å². The molecule has 0 aliphatic carbocycles. The van der Waals surface area contributed by atoms with E-state index < -0.39 is 0 Å². The predicted molar refractivity (Wildman–Crippen MR) is 119 cm³/mol. The summed E-state index contributed by atoms with van der Waals surface area (Å²) in [7, 11) is 1.64. The number of ether oxygens (including phenoxy) is 1. The fraction of sp³-hybridized carbons (Fsp3) is 0.609. The Bertz CT molecular complexity index is 853. The van der Waals surface area contributed by atoms with Crippen LogP contribution in [0.1, 0.15) is 39.0 Å². The van der Waals surface area contributed by atoms with E-state index in [4.69, 9.17) is 9.26 Å². The summed E-state index contributed by atoms with van der Waals surface area (Å²) in [5, 5.41) is 7.27. The van der Waals surface area contributed by atoms with Gasteiger partial charge in [-0.3, -0.25) is 9.69 Å². The third kappa shape index (κ3) is 5.36. The number of piperidine rings is 2. The average Bonchev–Trinajstić information content (AvgIpc) is 3.31. The van der Waals surface area contributed by atoms with Crippen LogP contribution in [0, 0.1) is 5.92 Å². The first-order valence-corrected chi connectivity index (χ1v) is 11.4. The Morgan fingerprint density at radius 2 is 2.03 bits per heavy atom. The number of hydrogen-bond acceptors (Lipinski definition) is 7. The molecule has 2 saturated heterocycles. The summed E-state index contributed by atoms with van der Waals surface area (Å²) in [6.07, 6.45) is 5.66. The molecule has 1 N–H and O–H groups in total. The summed E-state index contributed by atoms with van der Waals surface area (Å²) < 4.78 is 10.7. The standard InChI is InChI=1S/C23H33N5O3/c1-17-6-3-4-13-27(17)15-12-24-22(29)19-7-5-14-28(16-19)23-25-21(26-31-23)18-8-10-20(30-2)11-9-18/h8-11,17,19H,3-7,12-16H2,1-2H3,(H,24,29). The Balaban J connectivity index is 1.29. The van der Waals surface area contributed by atoms with Crippen LogP contribution in [0.25, 0.3) is 11.4 Å². The zero-order valence-electron chi connectivity index (χ0n) is 18.5. The van der Waals surface area contributed by atoms with Crippen molar-refractivity contribution in [3.05, 3.63) is 24.3 Å². The second-order valence-electron chi connectivity index (χ2n) is 8.59. The van der Waals surface area contributed by atoms with E-state index in [0.29, 0.717) is 31.0 Å². The fourth-order valence-electron chi connectivity index (χ4n) is 4.52. The minimum absolute atomic E-state index is 0.0520. The molecule has 2 atom stereocenters. The third-order valence-electron chi connectivity index (χ3n) is 6.47. The molecule has 2 unspecified atom stereocenters. The molecule has 0 saturated carbocycles. The third-order valence-corrected chi connectivity index (χ3v) is 6.47. The van der Waals surface area contributed by atoms with Crippen molar-refractivity contribution in [2.24, 2.45) is 5.92 Å². The van der Waals surface area contributed by atoms with Crippen LogP contribution in [0.15, 0.2) is 28.8 Å². The molecule has 3 heterocycles. The van der Waals surface area contributed by atoms with Crippen molar-refractivity contribution in [2.75, 3.05) is 44.7 Å². The van der Waals surface area contributed by atoms with Gasteiger partial charge in [-0.15, -0.1) is 0 Å². The Kier molecular flexibility index (Phi) is 7.06. The molecule has 1 aromatic heterocycles. The molecule has 168 valence electrons. The molecule has 1 amide bonds. The van der Waals surface area contributed by atoms with Crippen molar-refractivity contribution < 1.29 is 14.1 Å². The van der Waals surface area contributed by atoms with Gasteiger partial charge in [-0.1, -0.05) is 11.6 Å². The number of benzene rings is 1. The number of anilines is 1. The molecule has 0 spiro atoms. The van der Waals surface area contributed by atoms with Crippen molar-refractivity contribution in [1.29, 1.82) is 0 Å². The second-order valence-corrected chi connectivity index (χ2v) is 8.59. The number of nitrogens with zero attached hydrogens (tertiary/aromatic N) is 4. The van der Waals surface area contributed by atoms with Crippen molar-refractivity contribution in [1.82, 2.24) is 20.4 Å². The molecule has 1 aromatic carbocycles. The number of carbonyl (C=O) groups excluding carboxylic acids is 1. The minimum atomic E-state index is -0.0520. The lowest BCUT2D eigenvalue weighted by atomic mass is 9.97. The van der Waals surface area contributed by atoms with Gasteiger partial charge in [0.2, 0.25) is 11.7 Å². The molecule has 2 fully saturated rings. The van der Waals surface area contributed by atoms with Gasteiger partial charge >= 0.3 is 6.01 Å². The Hall–Kier alpha value is -2.61. The SMILES string of the molecule is COc1ccc(-c2noc(N3CCCC(C(=O)NCCN4CCCCC4C)C3)n2)cc1. The lowest BCUT2D eigenvalue weighted by Gasteiger charge is -2.34. The number of hydrogen-bond donors (Lipinski definition) is 1. The molecule has 8 heteroatoms. The lowest BCUT2D eigenvalue weighted by molar-refractivity contribution is -0.125. The molecule has 2 aliphatic heterocycles. The number of nitrogens with one attached hydrogen (secondary N) is 1. The van der Waals surface area contributed by atoms with Crippen LogP contribution in [0.3, 0.4) is 0 Å². The van der Waals surface area contributed by atoms with Gasteiger partial charge in [0, 0.05) is 37.8 Å². The summed E-state index contributed by atoms with van der Waals surface area (Å²) in [4.78, 5) is 21.8. The monoisotopic (exact) mass is 427 g/mol. The maximum atomic E-state index is 12.8. The lowest BCUT2D eigenvalue weighted by Crippen LogP contribution is -2.46. The maximum absolute atomic E-state index is 12.8. The highest BCUT2D eigenvalue weighted by Gasteiger charge is 2.29. The number of rotatable bonds is 7. The molecule has 0 bridgehead atoms. The summed E-state index contributed by atoms with van der Waals surface area (Å²) in [5.41, 5.74) is 0.869. The summed E-state index contributed by atoms with van der Waals surface area (Å²) in [6, 6.07) is 8.65. The molecular weight excluding hydrogens is 394 g/mol. The first kappa shape index (κ1) is 21.6. The number of likely N-dealkylation sites (tertiary alicyclic amines) is 1. The van der Waals surface area contributed by atoms with E-state index in [9.17, 15) is 4.79 Å². The van der Waals surface area contributed by atoms with Crippen LogP contribution in [-0.4, -0.2) is 66.8 Å². The highest BCUT2D eigenvalue weighted by atomic mass is 16.5. The zero-order chi connectivity index (χ0) is 21.6. The normalized spacial score (nSPS) is 22.3. The van der Waals surface area contributed by atoms with Crippen LogP contribution in [-0.2, 0) is 4.79 Å². The van der Waals surface area contributed by atoms with Gasteiger partial charge in [0.25, 0.3) is 0 Å². The Morgan fingerprint density at radius 3 is 2.81 bits per heavy atom. The van der Waals surface area contributed by atoms with Gasteiger partial charge in [0.1, 0.15) is 5.75 Å². The summed E-state index contributed by atoms with van der Waals surface area (Å²) in [6.45, 7) is 6.49. The van der Waals surface area contributed by atoms with Crippen LogP contribution in [0.4, 0.5) is 6.01 Å². The highest BCUT2D eigenvalue weighted by molar-refractivity contribution is 5.79. The van der Waals surface area contributed by atoms with E-state index in [1.54, 1.807) is 7.11 Å². The molecule has 31 heavy (non-hydrogen) atoms. The Labute approximate surface area is 183 Å². The molecule has 2 aromatic rings. The van der Waals surface area contributed by atoms with E-state index >= 15 is 0 Å². The van der Waals surface area contributed by atoms with Crippen molar-refractivity contribution >= 4 is 11.9 Å². The topological polar surface area (TPSA) is 83.7 Å². The average molecular weight is 428 g/mol. The van der Waals surface area contributed by atoms with Crippen LogP contribution in [0.5, 0.6) is 5.75 Å². The highest BCUT2D eigenvalue weighted by Crippen LogP contribution is 2.26. The van der Waals surface area contributed by atoms with E-state index in [1.807, 2.05) is 29.2 Å². The Morgan fingerprint density at radius 1 is 1.19 bits per heavy atom. The quantitative estimate of drug-likeness (QED) is 0.727. The minimum Gasteiger partial charge on any atom is -0.497 e. The largest absolute Gasteiger partial charge is 0.497 e. The van der Waals surface area contributed by atoms with Crippen LogP contribution < -0.4 is 15.0 Å². The molecule has 4 rings (SSSR count). The number of aromatic nitrogens is 2. The predicted octanol–water partition coefficient (Wildman–Crippen LogP) is 2.95. The summed E-state index contributed by atoms with van der Waals surface area (Å²) >= 11 is 0. The summed E-state index contributed by atoms with van der Waals surface area (Å²) in [5.74, 6) is 1.40. The van der Waals surface area contributed by atoms with Crippen LogP contribution >= 0.6 is 0 Å². The van der Waals surface area contributed by atoms with E-state index in [-0.39, 0.29) is 11.8 Å². The number of methoxy groups -OCH3 is 1. The van der Waals surface area contributed by atoms with Gasteiger partial charge < -0.3 is 19.5 Å². The first-order chi connectivity index (χ1) is 15.1. The first-order valence-electron chi connectivity index (χ1n) is 11.4. The smallest absolute Gasteiger partial charge is 0.324 e. The zero-order valence-corrected chi connectivity index (χ0v) is 18.5. The van der Waals surface area contributed by atoms with E-state index in [1.165, 1.54) is 19.3 Å². The van der Waals surface area contributed by atoms with Gasteiger partial charge in [-0.2, -0.15) is 4.98 Å². The van der Waals surface area contributed by atoms with Gasteiger partial charge in [0.15, 0.2) is 0 Å². The van der Waals surface area contributed by atoms with E-state index in [2.05, 4.69) is 27.3 Å². The molecular formula is C23H33N5O3. The molecule has 2 aliphatic rings. The number of amides is 1. The second kappa shape index (κ2) is 10.1. The number of carbonyl (C=O) groups is 1.